The van der Waals surface area contributed by atoms with Crippen molar-refractivity contribution in [2.75, 3.05) is 4.90 Å². The lowest BCUT2D eigenvalue weighted by atomic mass is 9.81. The number of benzene rings is 1. The minimum Gasteiger partial charge on any atom is -0.274 e. The number of amides is 2. The number of rotatable bonds is 1. The van der Waals surface area contributed by atoms with Gasteiger partial charge in [-0.3, -0.25) is 9.59 Å². The molecule has 0 bridgehead atoms. The molecule has 3 rings (SSSR count). The molecule has 1 heterocycles. The maximum Gasteiger partial charge on any atom is 0.237 e. The molecule has 1 aliphatic heterocycles. The van der Waals surface area contributed by atoms with Crippen molar-refractivity contribution in [2.24, 2.45) is 11.8 Å². The topological polar surface area (TPSA) is 37.4 Å². The second-order valence-corrected chi connectivity index (χ2v) is 5.37. The molecule has 0 N–H and O–H groups in total. The molecular formula is C14H14ClNO2. The number of imide groups is 1. The van der Waals surface area contributed by atoms with Crippen LogP contribution in [-0.4, -0.2) is 11.8 Å². The Hall–Kier alpha value is -1.35. The van der Waals surface area contributed by atoms with Gasteiger partial charge >= 0.3 is 0 Å². The molecule has 1 saturated heterocycles. The highest BCUT2D eigenvalue weighted by molar-refractivity contribution is 6.36. The van der Waals surface area contributed by atoms with Gasteiger partial charge in [0.15, 0.2) is 0 Å². The Morgan fingerprint density at radius 2 is 1.56 bits per heavy atom. The van der Waals surface area contributed by atoms with Crippen LogP contribution >= 0.6 is 11.6 Å². The summed E-state index contributed by atoms with van der Waals surface area (Å²) in [5.74, 6) is -0.388. The van der Waals surface area contributed by atoms with Crippen LogP contribution in [0, 0.1) is 11.8 Å². The van der Waals surface area contributed by atoms with E-state index in [2.05, 4.69) is 0 Å². The second kappa shape index (κ2) is 4.39. The lowest BCUT2D eigenvalue weighted by Crippen LogP contribution is -2.31. The molecule has 3 nitrogen and oxygen atoms in total. The average Bonchev–Trinajstić information content (AvgIpc) is 2.64. The molecule has 18 heavy (non-hydrogen) atoms. The fraction of sp³-hybridized carbons (Fsp3) is 0.429. The molecule has 0 spiro atoms. The van der Waals surface area contributed by atoms with Crippen LogP contribution in [0.25, 0.3) is 0 Å². The largest absolute Gasteiger partial charge is 0.274 e. The maximum atomic E-state index is 12.3. The molecule has 1 aromatic rings. The first-order chi connectivity index (χ1) is 8.70. The van der Waals surface area contributed by atoms with E-state index in [-0.39, 0.29) is 23.7 Å². The van der Waals surface area contributed by atoms with Gasteiger partial charge in [-0.15, -0.1) is 0 Å². The molecule has 1 aromatic carbocycles. The second-order valence-electron chi connectivity index (χ2n) is 4.96. The van der Waals surface area contributed by atoms with Crippen molar-refractivity contribution in [3.63, 3.8) is 0 Å². The molecule has 2 amide bonds. The van der Waals surface area contributed by atoms with Crippen LogP contribution in [0.5, 0.6) is 0 Å². The molecule has 0 radical (unpaired) electrons. The van der Waals surface area contributed by atoms with E-state index in [1.807, 2.05) is 0 Å². The Labute approximate surface area is 111 Å². The summed E-state index contributed by atoms with van der Waals surface area (Å²) in [6.45, 7) is 0. The predicted octanol–water partition coefficient (Wildman–Crippen LogP) is 3.02. The van der Waals surface area contributed by atoms with Gasteiger partial charge in [0, 0.05) is 0 Å². The lowest BCUT2D eigenvalue weighted by molar-refractivity contribution is -0.122. The van der Waals surface area contributed by atoms with E-state index in [1.54, 1.807) is 24.3 Å². The van der Waals surface area contributed by atoms with Crippen LogP contribution in [0.1, 0.15) is 25.7 Å². The number of hydrogen-bond acceptors (Lipinski definition) is 2. The van der Waals surface area contributed by atoms with Gasteiger partial charge in [0.05, 0.1) is 22.5 Å². The summed E-state index contributed by atoms with van der Waals surface area (Å²) in [5, 5.41) is 0.456. The number of anilines is 1. The van der Waals surface area contributed by atoms with Crippen LogP contribution in [0.15, 0.2) is 24.3 Å². The molecule has 2 unspecified atom stereocenters. The van der Waals surface area contributed by atoms with Crippen molar-refractivity contribution in [3.8, 4) is 0 Å². The van der Waals surface area contributed by atoms with Gasteiger partial charge in [0.25, 0.3) is 0 Å². The number of nitrogens with zero attached hydrogens (tertiary/aromatic N) is 1. The quantitative estimate of drug-likeness (QED) is 0.731. The zero-order chi connectivity index (χ0) is 12.7. The van der Waals surface area contributed by atoms with Crippen molar-refractivity contribution in [2.45, 2.75) is 25.7 Å². The van der Waals surface area contributed by atoms with Gasteiger partial charge in [0.1, 0.15) is 0 Å². The highest BCUT2D eigenvalue weighted by Crippen LogP contribution is 2.41. The minimum absolute atomic E-state index is 0.0715. The summed E-state index contributed by atoms with van der Waals surface area (Å²) < 4.78 is 0. The van der Waals surface area contributed by atoms with Gasteiger partial charge in [-0.05, 0) is 25.0 Å². The van der Waals surface area contributed by atoms with Gasteiger partial charge < -0.3 is 0 Å². The Kier molecular flexibility index (Phi) is 2.86. The Bertz CT molecular complexity index is 490. The normalized spacial score (nSPS) is 27.5. The van der Waals surface area contributed by atoms with Crippen LogP contribution in [0.4, 0.5) is 5.69 Å². The zero-order valence-corrected chi connectivity index (χ0v) is 10.7. The van der Waals surface area contributed by atoms with Crippen LogP contribution in [-0.2, 0) is 9.59 Å². The molecule has 1 saturated carbocycles. The summed E-state index contributed by atoms with van der Waals surface area (Å²) in [4.78, 5) is 26.0. The zero-order valence-electron chi connectivity index (χ0n) is 9.93. The van der Waals surface area contributed by atoms with E-state index in [0.29, 0.717) is 10.7 Å². The summed E-state index contributed by atoms with van der Waals surface area (Å²) in [6, 6.07) is 7.03. The highest BCUT2D eigenvalue weighted by atomic mass is 35.5. The smallest absolute Gasteiger partial charge is 0.237 e. The first-order valence-corrected chi connectivity index (χ1v) is 6.70. The number of halogens is 1. The van der Waals surface area contributed by atoms with E-state index in [1.165, 1.54) is 4.90 Å². The van der Waals surface area contributed by atoms with Crippen molar-refractivity contribution < 1.29 is 9.59 Å². The minimum atomic E-state index is -0.123. The van der Waals surface area contributed by atoms with Gasteiger partial charge in [-0.1, -0.05) is 36.6 Å². The number of carbonyl (C=O) groups is 2. The fourth-order valence-electron chi connectivity index (χ4n) is 3.03. The molecule has 0 aromatic heterocycles. The number of carbonyl (C=O) groups excluding carboxylic acids is 2. The lowest BCUT2D eigenvalue weighted by Gasteiger charge is -2.19. The monoisotopic (exact) mass is 263 g/mol. The van der Waals surface area contributed by atoms with E-state index in [9.17, 15) is 9.59 Å². The van der Waals surface area contributed by atoms with Crippen molar-refractivity contribution >= 4 is 29.1 Å². The van der Waals surface area contributed by atoms with E-state index in [0.717, 1.165) is 25.7 Å². The number of para-hydroxylation sites is 1. The Balaban J connectivity index is 2.00. The molecule has 2 aliphatic rings. The third kappa shape index (κ3) is 1.65. The summed E-state index contributed by atoms with van der Waals surface area (Å²) >= 11 is 6.09. The standard InChI is InChI=1S/C14H14ClNO2/c15-11-7-3-4-8-12(11)16-13(17)9-5-1-2-6-10(9)14(16)18/h3-4,7-10H,1-2,5-6H2. The summed E-state index contributed by atoms with van der Waals surface area (Å²) in [6.07, 6.45) is 3.74. The van der Waals surface area contributed by atoms with E-state index >= 15 is 0 Å². The molecule has 2 atom stereocenters. The first kappa shape index (κ1) is 11.7. The molecule has 94 valence electrons. The van der Waals surface area contributed by atoms with Crippen molar-refractivity contribution in [1.29, 1.82) is 0 Å². The predicted molar refractivity (Wildman–Crippen MR) is 69.4 cm³/mol. The molecule has 4 heteroatoms. The van der Waals surface area contributed by atoms with Crippen LogP contribution in [0.3, 0.4) is 0 Å². The number of fused-ring (bicyclic) bond motifs is 1. The third-order valence-corrected chi connectivity index (χ3v) is 4.25. The van der Waals surface area contributed by atoms with Crippen molar-refractivity contribution in [3.05, 3.63) is 29.3 Å². The average molecular weight is 264 g/mol. The Morgan fingerprint density at radius 3 is 2.11 bits per heavy atom. The molecule has 2 fully saturated rings. The summed E-state index contributed by atoms with van der Waals surface area (Å²) in [7, 11) is 0. The molecular weight excluding hydrogens is 250 g/mol. The SMILES string of the molecule is O=C1C2CCCCC2C(=O)N1c1ccccc1Cl. The fourth-order valence-corrected chi connectivity index (χ4v) is 3.25. The summed E-state index contributed by atoms with van der Waals surface area (Å²) in [5.41, 5.74) is 0.531. The van der Waals surface area contributed by atoms with Gasteiger partial charge in [-0.2, -0.15) is 0 Å². The first-order valence-electron chi connectivity index (χ1n) is 6.32. The molecule has 1 aliphatic carbocycles. The highest BCUT2D eigenvalue weighted by Gasteiger charge is 2.49. The van der Waals surface area contributed by atoms with Gasteiger partial charge in [0.2, 0.25) is 11.8 Å². The van der Waals surface area contributed by atoms with E-state index < -0.39 is 0 Å². The van der Waals surface area contributed by atoms with Gasteiger partial charge in [-0.25, -0.2) is 4.90 Å². The van der Waals surface area contributed by atoms with E-state index in [4.69, 9.17) is 11.6 Å². The number of hydrogen-bond donors (Lipinski definition) is 0. The Morgan fingerprint density at radius 1 is 1.00 bits per heavy atom. The third-order valence-electron chi connectivity index (χ3n) is 3.93. The van der Waals surface area contributed by atoms with Crippen LogP contribution < -0.4 is 4.90 Å². The van der Waals surface area contributed by atoms with Crippen LogP contribution in [0.2, 0.25) is 5.02 Å². The van der Waals surface area contributed by atoms with Crippen molar-refractivity contribution in [1.82, 2.24) is 0 Å². The maximum absolute atomic E-state index is 12.3.